The second-order valence-corrected chi connectivity index (χ2v) is 10.4. The first kappa shape index (κ1) is 25.0. The summed E-state index contributed by atoms with van der Waals surface area (Å²) in [4.78, 5) is 15.2. The standard InChI is InChI=1S/C23H28F3N3O3S/c1-28(2)33(31,32)19-10-11-21(29-14-4-3-5-15-29)20(16-19)22(30)27-13-12-17-6-8-18(9-7-17)23(24,25)26/h6-11,16H,3-5,12-15H2,1-2H3,(H,27,30). The molecule has 2 aromatic rings. The van der Waals surface area contributed by atoms with Crippen LogP contribution >= 0.6 is 0 Å². The number of carbonyl (C=O) groups excluding carboxylic acids is 1. The summed E-state index contributed by atoms with van der Waals surface area (Å²) in [5.74, 6) is -0.418. The predicted octanol–water partition coefficient (Wildman–Crippen LogP) is 3.92. The first-order chi connectivity index (χ1) is 15.5. The first-order valence-corrected chi connectivity index (χ1v) is 12.2. The number of nitrogens with one attached hydrogen (secondary N) is 1. The lowest BCUT2D eigenvalue weighted by atomic mass is 10.1. The minimum atomic E-state index is -4.39. The maximum Gasteiger partial charge on any atom is 0.416 e. The fourth-order valence-corrected chi connectivity index (χ4v) is 4.68. The summed E-state index contributed by atoms with van der Waals surface area (Å²) in [7, 11) is -0.861. The van der Waals surface area contributed by atoms with Crippen molar-refractivity contribution in [1.82, 2.24) is 9.62 Å². The monoisotopic (exact) mass is 483 g/mol. The van der Waals surface area contributed by atoms with Crippen molar-refractivity contribution in [3.8, 4) is 0 Å². The van der Waals surface area contributed by atoms with Gasteiger partial charge >= 0.3 is 6.18 Å². The van der Waals surface area contributed by atoms with Crippen molar-refractivity contribution in [1.29, 1.82) is 0 Å². The zero-order valence-electron chi connectivity index (χ0n) is 18.7. The van der Waals surface area contributed by atoms with Crippen LogP contribution < -0.4 is 10.2 Å². The average Bonchev–Trinajstić information content (AvgIpc) is 2.78. The Bertz CT molecular complexity index is 1080. The fraction of sp³-hybridized carbons (Fsp3) is 0.435. The minimum Gasteiger partial charge on any atom is -0.371 e. The largest absolute Gasteiger partial charge is 0.416 e. The van der Waals surface area contributed by atoms with E-state index in [4.69, 9.17) is 0 Å². The third-order valence-electron chi connectivity index (χ3n) is 5.67. The highest BCUT2D eigenvalue weighted by atomic mass is 32.2. The number of anilines is 1. The van der Waals surface area contributed by atoms with Crippen LogP contribution in [0.4, 0.5) is 18.9 Å². The van der Waals surface area contributed by atoms with Crippen molar-refractivity contribution >= 4 is 21.6 Å². The predicted molar refractivity (Wildman–Crippen MR) is 121 cm³/mol. The third kappa shape index (κ3) is 6.05. The molecule has 0 unspecified atom stereocenters. The van der Waals surface area contributed by atoms with Gasteiger partial charge in [-0.25, -0.2) is 12.7 Å². The van der Waals surface area contributed by atoms with Crippen LogP contribution in [0.25, 0.3) is 0 Å². The van der Waals surface area contributed by atoms with Gasteiger partial charge in [0.05, 0.1) is 16.0 Å². The number of sulfonamides is 1. The highest BCUT2D eigenvalue weighted by molar-refractivity contribution is 7.89. The molecule has 1 N–H and O–H groups in total. The molecule has 1 saturated heterocycles. The molecule has 1 aliphatic heterocycles. The summed E-state index contributed by atoms with van der Waals surface area (Å²) in [6, 6.07) is 9.39. The van der Waals surface area contributed by atoms with E-state index in [9.17, 15) is 26.4 Å². The van der Waals surface area contributed by atoms with Gasteiger partial charge in [-0.05, 0) is 61.6 Å². The molecule has 0 aromatic heterocycles. The van der Waals surface area contributed by atoms with Gasteiger partial charge < -0.3 is 10.2 Å². The lowest BCUT2D eigenvalue weighted by molar-refractivity contribution is -0.137. The molecule has 0 spiro atoms. The zero-order valence-corrected chi connectivity index (χ0v) is 19.5. The van der Waals surface area contributed by atoms with E-state index in [0.717, 1.165) is 48.8 Å². The van der Waals surface area contributed by atoms with Crippen molar-refractivity contribution in [2.24, 2.45) is 0 Å². The van der Waals surface area contributed by atoms with E-state index in [2.05, 4.69) is 10.2 Å². The maximum atomic E-state index is 13.0. The topological polar surface area (TPSA) is 69.7 Å². The molecule has 0 aliphatic carbocycles. The Labute approximate surface area is 192 Å². The Balaban J connectivity index is 1.78. The molecule has 6 nitrogen and oxygen atoms in total. The van der Waals surface area contributed by atoms with Crippen molar-refractivity contribution in [2.75, 3.05) is 38.6 Å². The fourth-order valence-electron chi connectivity index (χ4n) is 3.75. The second-order valence-electron chi connectivity index (χ2n) is 8.21. The number of benzene rings is 2. The van der Waals surface area contributed by atoms with Crippen molar-refractivity contribution in [2.45, 2.75) is 36.8 Å². The van der Waals surface area contributed by atoms with Gasteiger partial charge in [-0.2, -0.15) is 13.2 Å². The molecule has 3 rings (SSSR count). The number of alkyl halides is 3. The molecule has 33 heavy (non-hydrogen) atoms. The van der Waals surface area contributed by atoms with Crippen LogP contribution in [0.2, 0.25) is 0 Å². The number of hydrogen-bond donors (Lipinski definition) is 1. The van der Waals surface area contributed by atoms with Gasteiger partial charge in [-0.1, -0.05) is 12.1 Å². The quantitative estimate of drug-likeness (QED) is 0.648. The SMILES string of the molecule is CN(C)S(=O)(=O)c1ccc(N2CCCCC2)c(C(=O)NCCc2ccc(C(F)(F)F)cc2)c1. The van der Waals surface area contributed by atoms with Crippen LogP contribution in [0.15, 0.2) is 47.4 Å². The lowest BCUT2D eigenvalue weighted by Gasteiger charge is -2.30. The Hall–Kier alpha value is -2.59. The van der Waals surface area contributed by atoms with E-state index in [1.165, 1.54) is 38.4 Å². The average molecular weight is 484 g/mol. The van der Waals surface area contributed by atoms with Crippen molar-refractivity contribution in [3.63, 3.8) is 0 Å². The molecule has 0 atom stereocenters. The molecule has 0 bridgehead atoms. The summed E-state index contributed by atoms with van der Waals surface area (Å²) in [6.45, 7) is 1.77. The van der Waals surface area contributed by atoms with Crippen LogP contribution in [0.3, 0.4) is 0 Å². The molecular formula is C23H28F3N3O3S. The van der Waals surface area contributed by atoms with Crippen molar-refractivity contribution < 1.29 is 26.4 Å². The van der Waals surface area contributed by atoms with Crippen LogP contribution in [0.1, 0.15) is 40.7 Å². The molecule has 0 radical (unpaired) electrons. The third-order valence-corrected chi connectivity index (χ3v) is 7.48. The Morgan fingerprint density at radius 2 is 1.67 bits per heavy atom. The summed E-state index contributed by atoms with van der Waals surface area (Å²) in [6.07, 6.45) is -0.953. The molecule has 2 aromatic carbocycles. The summed E-state index contributed by atoms with van der Waals surface area (Å²) < 4.78 is 64.4. The van der Waals surface area contributed by atoms with Gasteiger partial charge in [0.15, 0.2) is 0 Å². The zero-order chi connectivity index (χ0) is 24.2. The van der Waals surface area contributed by atoms with Gasteiger partial charge in [0, 0.05) is 39.4 Å². The first-order valence-electron chi connectivity index (χ1n) is 10.8. The van der Waals surface area contributed by atoms with E-state index in [1.807, 2.05) is 0 Å². The molecule has 10 heteroatoms. The molecule has 0 saturated carbocycles. The number of nitrogens with zero attached hydrogens (tertiary/aromatic N) is 2. The number of hydrogen-bond acceptors (Lipinski definition) is 4. The highest BCUT2D eigenvalue weighted by Gasteiger charge is 2.30. The maximum absolute atomic E-state index is 13.0. The Morgan fingerprint density at radius 3 is 2.24 bits per heavy atom. The number of piperidine rings is 1. The molecule has 1 heterocycles. The summed E-state index contributed by atoms with van der Waals surface area (Å²) >= 11 is 0. The summed E-state index contributed by atoms with van der Waals surface area (Å²) in [5, 5.41) is 2.78. The number of carbonyl (C=O) groups is 1. The molecule has 1 amide bonds. The van der Waals surface area contributed by atoms with Gasteiger partial charge in [0.1, 0.15) is 0 Å². The molecule has 180 valence electrons. The van der Waals surface area contributed by atoms with E-state index in [1.54, 1.807) is 6.07 Å². The van der Waals surface area contributed by atoms with Crippen molar-refractivity contribution in [3.05, 3.63) is 59.2 Å². The Kier molecular flexibility index (Phi) is 7.69. The summed E-state index contributed by atoms with van der Waals surface area (Å²) in [5.41, 5.74) is 0.885. The van der Waals surface area contributed by atoms with E-state index in [-0.39, 0.29) is 17.0 Å². The van der Waals surface area contributed by atoms with Crippen LogP contribution in [-0.4, -0.2) is 52.4 Å². The normalized spacial score (nSPS) is 15.0. The minimum absolute atomic E-state index is 0.0288. The van der Waals surface area contributed by atoms with Gasteiger partial charge in [0.2, 0.25) is 10.0 Å². The van der Waals surface area contributed by atoms with E-state index < -0.39 is 27.7 Å². The van der Waals surface area contributed by atoms with Crippen LogP contribution in [-0.2, 0) is 22.6 Å². The van der Waals surface area contributed by atoms with Gasteiger partial charge in [-0.15, -0.1) is 0 Å². The van der Waals surface area contributed by atoms with Crippen LogP contribution in [0, 0.1) is 0 Å². The number of amides is 1. The van der Waals surface area contributed by atoms with Gasteiger partial charge in [0.25, 0.3) is 5.91 Å². The highest BCUT2D eigenvalue weighted by Crippen LogP contribution is 2.29. The second kappa shape index (κ2) is 10.1. The number of rotatable bonds is 7. The number of halogens is 3. The molecule has 1 fully saturated rings. The Morgan fingerprint density at radius 1 is 1.03 bits per heavy atom. The van der Waals surface area contributed by atoms with Crippen LogP contribution in [0.5, 0.6) is 0 Å². The lowest BCUT2D eigenvalue weighted by Crippen LogP contribution is -2.33. The smallest absolute Gasteiger partial charge is 0.371 e. The molecule has 1 aliphatic rings. The van der Waals surface area contributed by atoms with Gasteiger partial charge in [-0.3, -0.25) is 4.79 Å². The molecular weight excluding hydrogens is 455 g/mol. The van der Waals surface area contributed by atoms with E-state index in [0.29, 0.717) is 17.7 Å². The van der Waals surface area contributed by atoms with E-state index >= 15 is 0 Å².